The molecule has 0 aliphatic carbocycles. The number of thiocarbonyl (C=S) groups is 1. The van der Waals surface area contributed by atoms with E-state index in [4.69, 9.17) is 18.0 Å². The SMILES string of the molecule is CC(CN(C)C(=O)c1ccc(F)c(Br)c1)C(N)=S. The van der Waals surface area contributed by atoms with Crippen LogP contribution in [0.4, 0.5) is 4.39 Å². The molecule has 0 heterocycles. The van der Waals surface area contributed by atoms with Crippen molar-refractivity contribution in [2.45, 2.75) is 6.92 Å². The molecule has 0 spiro atoms. The number of hydrogen-bond donors (Lipinski definition) is 1. The van der Waals surface area contributed by atoms with Crippen LogP contribution in [0.5, 0.6) is 0 Å². The highest BCUT2D eigenvalue weighted by atomic mass is 79.9. The topological polar surface area (TPSA) is 46.3 Å². The first-order valence-corrected chi connectivity index (χ1v) is 6.53. The molecule has 0 saturated heterocycles. The Kier molecular flexibility index (Phi) is 5.22. The van der Waals surface area contributed by atoms with E-state index >= 15 is 0 Å². The van der Waals surface area contributed by atoms with Crippen molar-refractivity contribution in [2.75, 3.05) is 13.6 Å². The summed E-state index contributed by atoms with van der Waals surface area (Å²) in [6.07, 6.45) is 0. The first-order chi connectivity index (χ1) is 8.32. The molecule has 98 valence electrons. The number of nitrogens with two attached hydrogens (primary N) is 1. The summed E-state index contributed by atoms with van der Waals surface area (Å²) < 4.78 is 13.3. The molecule has 1 aromatic rings. The lowest BCUT2D eigenvalue weighted by molar-refractivity contribution is 0.0787. The number of carbonyl (C=O) groups excluding carboxylic acids is 1. The van der Waals surface area contributed by atoms with Gasteiger partial charge in [-0.05, 0) is 34.1 Å². The number of hydrogen-bond acceptors (Lipinski definition) is 2. The van der Waals surface area contributed by atoms with Crippen LogP contribution in [-0.2, 0) is 0 Å². The lowest BCUT2D eigenvalue weighted by atomic mass is 10.1. The van der Waals surface area contributed by atoms with Gasteiger partial charge in [-0.15, -0.1) is 0 Å². The molecule has 1 unspecified atom stereocenters. The molecule has 0 aromatic heterocycles. The second-order valence-corrected chi connectivity index (χ2v) is 5.44. The van der Waals surface area contributed by atoms with E-state index in [0.717, 1.165) is 0 Å². The summed E-state index contributed by atoms with van der Waals surface area (Å²) in [7, 11) is 1.66. The summed E-state index contributed by atoms with van der Waals surface area (Å²) in [5.41, 5.74) is 5.92. The van der Waals surface area contributed by atoms with E-state index in [1.807, 2.05) is 6.92 Å². The van der Waals surface area contributed by atoms with E-state index in [-0.39, 0.29) is 16.3 Å². The summed E-state index contributed by atoms with van der Waals surface area (Å²) in [6, 6.07) is 4.16. The minimum Gasteiger partial charge on any atom is -0.393 e. The summed E-state index contributed by atoms with van der Waals surface area (Å²) in [5, 5.41) is 0. The van der Waals surface area contributed by atoms with Crippen LogP contribution in [-0.4, -0.2) is 29.4 Å². The van der Waals surface area contributed by atoms with Crippen LogP contribution in [0.2, 0.25) is 0 Å². The van der Waals surface area contributed by atoms with E-state index in [2.05, 4.69) is 15.9 Å². The molecular weight excluding hydrogens is 319 g/mol. The van der Waals surface area contributed by atoms with Crippen molar-refractivity contribution >= 4 is 39.0 Å². The highest BCUT2D eigenvalue weighted by molar-refractivity contribution is 9.10. The maximum absolute atomic E-state index is 13.1. The summed E-state index contributed by atoms with van der Waals surface area (Å²) in [5.74, 6) is -0.651. The van der Waals surface area contributed by atoms with Gasteiger partial charge in [-0.3, -0.25) is 4.79 Å². The predicted octanol–water partition coefficient (Wildman–Crippen LogP) is 2.58. The molecule has 0 aliphatic rings. The van der Waals surface area contributed by atoms with Gasteiger partial charge in [-0.2, -0.15) is 0 Å². The van der Waals surface area contributed by atoms with Gasteiger partial charge in [0.25, 0.3) is 5.91 Å². The summed E-state index contributed by atoms with van der Waals surface area (Å²) in [6.45, 7) is 2.29. The third-order valence-corrected chi connectivity index (χ3v) is 3.56. The summed E-state index contributed by atoms with van der Waals surface area (Å²) >= 11 is 7.91. The molecule has 1 aromatic carbocycles. The minimum atomic E-state index is -0.397. The lowest BCUT2D eigenvalue weighted by Gasteiger charge is -2.21. The molecule has 1 rings (SSSR count). The molecule has 1 amide bonds. The van der Waals surface area contributed by atoms with Crippen molar-refractivity contribution in [3.63, 3.8) is 0 Å². The number of rotatable bonds is 4. The van der Waals surface area contributed by atoms with Crippen molar-refractivity contribution < 1.29 is 9.18 Å². The lowest BCUT2D eigenvalue weighted by Crippen LogP contribution is -2.35. The largest absolute Gasteiger partial charge is 0.393 e. The number of benzene rings is 1. The fourth-order valence-corrected chi connectivity index (χ4v) is 1.89. The third-order valence-electron chi connectivity index (χ3n) is 2.55. The Balaban J connectivity index is 2.80. The normalized spacial score (nSPS) is 12.0. The van der Waals surface area contributed by atoms with E-state index in [0.29, 0.717) is 17.1 Å². The van der Waals surface area contributed by atoms with Crippen molar-refractivity contribution in [1.29, 1.82) is 0 Å². The summed E-state index contributed by atoms with van der Waals surface area (Å²) in [4.78, 5) is 14.0. The van der Waals surface area contributed by atoms with E-state index in [1.165, 1.54) is 23.1 Å². The van der Waals surface area contributed by atoms with E-state index in [1.54, 1.807) is 7.05 Å². The zero-order valence-electron chi connectivity index (χ0n) is 10.1. The predicted molar refractivity (Wildman–Crippen MR) is 77.0 cm³/mol. The Morgan fingerprint density at radius 2 is 2.22 bits per heavy atom. The van der Waals surface area contributed by atoms with Crippen molar-refractivity contribution in [3.8, 4) is 0 Å². The van der Waals surface area contributed by atoms with Gasteiger partial charge in [0.2, 0.25) is 0 Å². The molecule has 18 heavy (non-hydrogen) atoms. The number of carbonyl (C=O) groups is 1. The molecule has 3 nitrogen and oxygen atoms in total. The minimum absolute atomic E-state index is 0.0576. The third kappa shape index (κ3) is 3.74. The molecule has 0 bridgehead atoms. The molecule has 0 fully saturated rings. The van der Waals surface area contributed by atoms with Gasteiger partial charge in [-0.25, -0.2) is 4.39 Å². The number of halogens is 2. The van der Waals surface area contributed by atoms with Crippen LogP contribution in [0.1, 0.15) is 17.3 Å². The van der Waals surface area contributed by atoms with Crippen molar-refractivity contribution in [3.05, 3.63) is 34.1 Å². The molecular formula is C12H14BrFN2OS. The van der Waals surface area contributed by atoms with Crippen LogP contribution in [0.3, 0.4) is 0 Å². The molecule has 0 saturated carbocycles. The van der Waals surface area contributed by atoms with E-state index < -0.39 is 5.82 Å². The first-order valence-electron chi connectivity index (χ1n) is 5.32. The van der Waals surface area contributed by atoms with Crippen LogP contribution in [0.15, 0.2) is 22.7 Å². The van der Waals surface area contributed by atoms with Gasteiger partial charge >= 0.3 is 0 Å². The van der Waals surface area contributed by atoms with Gasteiger partial charge in [0.05, 0.1) is 9.46 Å². The highest BCUT2D eigenvalue weighted by Gasteiger charge is 2.16. The quantitative estimate of drug-likeness (QED) is 0.862. The van der Waals surface area contributed by atoms with Crippen molar-refractivity contribution in [2.24, 2.45) is 11.7 Å². The Morgan fingerprint density at radius 3 is 2.72 bits per heavy atom. The van der Waals surface area contributed by atoms with Gasteiger partial charge in [0, 0.05) is 25.1 Å². The molecule has 6 heteroatoms. The fourth-order valence-electron chi connectivity index (χ4n) is 1.43. The monoisotopic (exact) mass is 332 g/mol. The second kappa shape index (κ2) is 6.24. The maximum Gasteiger partial charge on any atom is 0.253 e. The van der Waals surface area contributed by atoms with Gasteiger partial charge in [0.1, 0.15) is 5.82 Å². The highest BCUT2D eigenvalue weighted by Crippen LogP contribution is 2.18. The van der Waals surface area contributed by atoms with Crippen molar-refractivity contribution in [1.82, 2.24) is 4.90 Å². The van der Waals surface area contributed by atoms with Crippen LogP contribution >= 0.6 is 28.1 Å². The molecule has 0 aliphatic heterocycles. The Bertz CT molecular complexity index is 481. The Morgan fingerprint density at radius 1 is 1.61 bits per heavy atom. The smallest absolute Gasteiger partial charge is 0.253 e. The molecule has 0 radical (unpaired) electrons. The molecule has 2 N–H and O–H groups in total. The average Bonchev–Trinajstić information content (AvgIpc) is 2.31. The zero-order chi connectivity index (χ0) is 13.9. The first kappa shape index (κ1) is 15.0. The van der Waals surface area contributed by atoms with Crippen LogP contribution in [0, 0.1) is 11.7 Å². The van der Waals surface area contributed by atoms with Crippen LogP contribution in [0.25, 0.3) is 0 Å². The average molecular weight is 333 g/mol. The zero-order valence-corrected chi connectivity index (χ0v) is 12.5. The standard InChI is InChI=1S/C12H14BrFN2OS/c1-7(11(15)18)6-16(2)12(17)8-3-4-10(14)9(13)5-8/h3-5,7H,6H2,1-2H3,(H2,15,18). The molecule has 1 atom stereocenters. The van der Waals surface area contributed by atoms with Crippen LogP contribution < -0.4 is 5.73 Å². The van der Waals surface area contributed by atoms with Gasteiger partial charge in [-0.1, -0.05) is 19.1 Å². The van der Waals surface area contributed by atoms with E-state index in [9.17, 15) is 9.18 Å². The van der Waals surface area contributed by atoms with Gasteiger partial charge in [0.15, 0.2) is 0 Å². The fraction of sp³-hybridized carbons (Fsp3) is 0.333. The van der Waals surface area contributed by atoms with Gasteiger partial charge < -0.3 is 10.6 Å². The Hall–Kier alpha value is -1.01. The number of nitrogens with zero attached hydrogens (tertiary/aromatic N) is 1. The Labute approximate surface area is 119 Å². The number of amides is 1. The maximum atomic E-state index is 13.1. The second-order valence-electron chi connectivity index (χ2n) is 4.12.